The number of thiophene rings is 1. The Balaban J connectivity index is 1.96. The van der Waals surface area contributed by atoms with Gasteiger partial charge in [-0.05, 0) is 28.9 Å². The van der Waals surface area contributed by atoms with Crippen LogP contribution in [0.3, 0.4) is 0 Å². The highest BCUT2D eigenvalue weighted by molar-refractivity contribution is 9.10. The molecule has 2 aromatic rings. The number of rotatable bonds is 5. The minimum atomic E-state index is 0.595. The lowest BCUT2D eigenvalue weighted by atomic mass is 10.4. The van der Waals surface area contributed by atoms with Gasteiger partial charge in [0, 0.05) is 20.8 Å². The molecule has 0 aliphatic rings. The fourth-order valence-electron chi connectivity index (χ4n) is 1.29. The summed E-state index contributed by atoms with van der Waals surface area (Å²) >= 11 is 5.13. The zero-order chi connectivity index (χ0) is 12.1. The molecule has 0 unspecified atom stereocenters. The summed E-state index contributed by atoms with van der Waals surface area (Å²) in [5.74, 6) is 1.37. The van der Waals surface area contributed by atoms with Gasteiger partial charge in [-0.3, -0.25) is 0 Å². The smallest absolute Gasteiger partial charge is 0.218 e. The molecule has 2 rings (SSSR count). The van der Waals surface area contributed by atoms with Gasteiger partial charge in [-0.15, -0.1) is 11.3 Å². The van der Waals surface area contributed by atoms with Gasteiger partial charge in [0.15, 0.2) is 0 Å². The first-order valence-corrected chi connectivity index (χ1v) is 6.87. The molecule has 0 amide bonds. The summed E-state index contributed by atoms with van der Waals surface area (Å²) in [7, 11) is 0. The second-order valence-corrected chi connectivity index (χ2v) is 5.17. The maximum Gasteiger partial charge on any atom is 0.218 e. The van der Waals surface area contributed by atoms with Crippen LogP contribution in [-0.4, -0.2) is 16.6 Å². The Hall–Kier alpha value is -1.14. The van der Waals surface area contributed by atoms with Crippen molar-refractivity contribution >= 4 is 33.1 Å². The summed E-state index contributed by atoms with van der Waals surface area (Å²) in [4.78, 5) is 9.39. The molecule has 0 saturated heterocycles. The Labute approximate surface area is 112 Å². The lowest BCUT2D eigenvalue weighted by Gasteiger charge is -2.05. The van der Waals surface area contributed by atoms with Gasteiger partial charge in [0.2, 0.25) is 5.88 Å². The fourth-order valence-corrected chi connectivity index (χ4v) is 2.68. The van der Waals surface area contributed by atoms with Gasteiger partial charge < -0.3 is 10.1 Å². The van der Waals surface area contributed by atoms with Gasteiger partial charge >= 0.3 is 0 Å². The number of hydrogen-bond acceptors (Lipinski definition) is 5. The third-order valence-electron chi connectivity index (χ3n) is 2.00. The average molecular weight is 314 g/mol. The van der Waals surface area contributed by atoms with Crippen molar-refractivity contribution in [2.45, 2.75) is 13.5 Å². The van der Waals surface area contributed by atoms with E-state index in [1.165, 1.54) is 11.2 Å². The first-order chi connectivity index (χ1) is 8.28. The molecule has 4 nitrogen and oxygen atoms in total. The van der Waals surface area contributed by atoms with Crippen molar-refractivity contribution in [1.82, 2.24) is 9.97 Å². The zero-order valence-electron chi connectivity index (χ0n) is 9.31. The maximum atomic E-state index is 5.31. The van der Waals surface area contributed by atoms with Crippen LogP contribution in [0, 0.1) is 0 Å². The molecular formula is C11H12BrN3OS. The van der Waals surface area contributed by atoms with Crippen molar-refractivity contribution in [2.24, 2.45) is 0 Å². The molecule has 0 bridgehead atoms. The SMILES string of the molecule is CCOc1cc(NCc2cc(Br)cs2)ncn1. The van der Waals surface area contributed by atoms with Gasteiger partial charge in [0.25, 0.3) is 0 Å². The van der Waals surface area contributed by atoms with Crippen LogP contribution < -0.4 is 10.1 Å². The Kier molecular flexibility index (Phi) is 4.33. The molecule has 2 heterocycles. The van der Waals surface area contributed by atoms with Crippen LogP contribution in [-0.2, 0) is 6.54 Å². The Morgan fingerprint density at radius 1 is 1.41 bits per heavy atom. The van der Waals surface area contributed by atoms with Gasteiger partial charge in [-0.1, -0.05) is 0 Å². The summed E-state index contributed by atoms with van der Waals surface area (Å²) in [6.07, 6.45) is 1.50. The lowest BCUT2D eigenvalue weighted by molar-refractivity contribution is 0.326. The Morgan fingerprint density at radius 3 is 3.00 bits per heavy atom. The zero-order valence-corrected chi connectivity index (χ0v) is 11.7. The fraction of sp³-hybridized carbons (Fsp3) is 0.273. The van der Waals surface area contributed by atoms with E-state index in [1.54, 1.807) is 17.4 Å². The topological polar surface area (TPSA) is 47.0 Å². The van der Waals surface area contributed by atoms with Crippen molar-refractivity contribution in [1.29, 1.82) is 0 Å². The van der Waals surface area contributed by atoms with Crippen LogP contribution in [0.4, 0.5) is 5.82 Å². The molecule has 0 spiro atoms. The van der Waals surface area contributed by atoms with E-state index in [1.807, 2.05) is 6.92 Å². The Morgan fingerprint density at radius 2 is 2.29 bits per heavy atom. The first kappa shape index (κ1) is 12.3. The highest BCUT2D eigenvalue weighted by atomic mass is 79.9. The average Bonchev–Trinajstić information content (AvgIpc) is 2.74. The van der Waals surface area contributed by atoms with E-state index < -0.39 is 0 Å². The van der Waals surface area contributed by atoms with Crippen LogP contribution >= 0.6 is 27.3 Å². The number of anilines is 1. The summed E-state index contributed by atoms with van der Waals surface area (Å²) in [6, 6.07) is 3.88. The number of hydrogen-bond donors (Lipinski definition) is 1. The van der Waals surface area contributed by atoms with Crippen LogP contribution in [0.1, 0.15) is 11.8 Å². The van der Waals surface area contributed by atoms with Crippen molar-refractivity contribution < 1.29 is 4.74 Å². The predicted molar refractivity (Wildman–Crippen MR) is 72.5 cm³/mol. The Bertz CT molecular complexity index is 489. The van der Waals surface area contributed by atoms with Crippen molar-refractivity contribution in [2.75, 3.05) is 11.9 Å². The van der Waals surface area contributed by atoms with E-state index in [0.717, 1.165) is 16.8 Å². The molecular weight excluding hydrogens is 302 g/mol. The molecule has 90 valence electrons. The third kappa shape index (κ3) is 3.67. The minimum Gasteiger partial charge on any atom is -0.478 e. The number of nitrogens with zero attached hydrogens (tertiary/aromatic N) is 2. The monoisotopic (exact) mass is 313 g/mol. The van der Waals surface area contributed by atoms with Gasteiger partial charge in [0.05, 0.1) is 13.2 Å². The van der Waals surface area contributed by atoms with Crippen molar-refractivity contribution in [3.8, 4) is 5.88 Å². The first-order valence-electron chi connectivity index (χ1n) is 5.19. The van der Waals surface area contributed by atoms with E-state index in [9.17, 15) is 0 Å². The van der Waals surface area contributed by atoms with E-state index >= 15 is 0 Å². The molecule has 0 atom stereocenters. The van der Waals surface area contributed by atoms with E-state index in [4.69, 9.17) is 4.74 Å². The molecule has 0 aliphatic heterocycles. The molecule has 1 N–H and O–H groups in total. The van der Waals surface area contributed by atoms with Gasteiger partial charge in [-0.25, -0.2) is 9.97 Å². The molecule has 17 heavy (non-hydrogen) atoms. The largest absolute Gasteiger partial charge is 0.478 e. The lowest BCUT2D eigenvalue weighted by Crippen LogP contribution is -2.01. The molecule has 2 aromatic heterocycles. The van der Waals surface area contributed by atoms with Crippen LogP contribution in [0.25, 0.3) is 0 Å². The quantitative estimate of drug-likeness (QED) is 0.920. The van der Waals surface area contributed by atoms with Gasteiger partial charge in [-0.2, -0.15) is 0 Å². The summed E-state index contributed by atoms with van der Waals surface area (Å²) in [6.45, 7) is 3.28. The second-order valence-electron chi connectivity index (χ2n) is 3.26. The van der Waals surface area contributed by atoms with Crippen LogP contribution in [0.5, 0.6) is 5.88 Å². The summed E-state index contributed by atoms with van der Waals surface area (Å²) < 4.78 is 6.41. The highest BCUT2D eigenvalue weighted by Crippen LogP contribution is 2.20. The molecule has 0 fully saturated rings. The number of aromatic nitrogens is 2. The minimum absolute atomic E-state index is 0.595. The van der Waals surface area contributed by atoms with E-state index in [-0.39, 0.29) is 0 Å². The normalized spacial score (nSPS) is 10.2. The van der Waals surface area contributed by atoms with Crippen molar-refractivity contribution in [3.05, 3.63) is 33.2 Å². The third-order valence-corrected chi connectivity index (χ3v) is 3.70. The van der Waals surface area contributed by atoms with E-state index in [2.05, 4.69) is 42.7 Å². The summed E-state index contributed by atoms with van der Waals surface area (Å²) in [5, 5.41) is 5.29. The van der Waals surface area contributed by atoms with Crippen LogP contribution in [0.15, 0.2) is 28.3 Å². The number of ether oxygens (including phenoxy) is 1. The predicted octanol–water partition coefficient (Wildman–Crippen LogP) is 3.31. The van der Waals surface area contributed by atoms with Crippen molar-refractivity contribution in [3.63, 3.8) is 0 Å². The highest BCUT2D eigenvalue weighted by Gasteiger charge is 2.01. The number of nitrogens with one attached hydrogen (secondary N) is 1. The molecule has 0 aliphatic carbocycles. The van der Waals surface area contributed by atoms with Crippen LogP contribution in [0.2, 0.25) is 0 Å². The number of halogens is 1. The standard InChI is InChI=1S/C11H12BrN3OS/c1-2-16-11-4-10(14-7-15-11)13-5-9-3-8(12)6-17-9/h3-4,6-7H,2,5H2,1H3,(H,13,14,15). The molecule has 0 radical (unpaired) electrons. The van der Waals surface area contributed by atoms with E-state index in [0.29, 0.717) is 12.5 Å². The molecule has 0 aromatic carbocycles. The molecule has 0 saturated carbocycles. The maximum absolute atomic E-state index is 5.31. The van der Waals surface area contributed by atoms with Gasteiger partial charge in [0.1, 0.15) is 12.1 Å². The summed E-state index contributed by atoms with van der Waals surface area (Å²) in [5.41, 5.74) is 0. The second kappa shape index (κ2) is 5.97. The molecule has 6 heteroatoms.